The number of aryl methyl sites for hydroxylation is 1. The third kappa shape index (κ3) is 4.66. The maximum absolute atomic E-state index is 13.4. The molecule has 1 amide bonds. The fourth-order valence-electron chi connectivity index (χ4n) is 4.05. The van der Waals surface area contributed by atoms with Gasteiger partial charge in [0.25, 0.3) is 0 Å². The number of aromatic nitrogens is 2. The van der Waals surface area contributed by atoms with E-state index >= 15 is 0 Å². The quantitative estimate of drug-likeness (QED) is 0.647. The number of carbonyl (C=O) groups excluding carboxylic acids is 1. The molecule has 6 nitrogen and oxygen atoms in total. The van der Waals surface area contributed by atoms with Crippen molar-refractivity contribution in [2.75, 3.05) is 19.4 Å². The number of halogens is 1. The van der Waals surface area contributed by atoms with Gasteiger partial charge < -0.3 is 15.4 Å². The highest BCUT2D eigenvalue weighted by Gasteiger charge is 2.32. The molecule has 3 aromatic rings. The van der Waals surface area contributed by atoms with E-state index in [1.807, 2.05) is 29.2 Å². The molecule has 1 aliphatic heterocycles. The lowest BCUT2D eigenvalue weighted by atomic mass is 9.99. The van der Waals surface area contributed by atoms with Crippen molar-refractivity contribution in [1.82, 2.24) is 14.9 Å². The van der Waals surface area contributed by atoms with Gasteiger partial charge in [-0.15, -0.1) is 0 Å². The molecular weight excluding hydrogens is 395 g/mol. The Kier molecular flexibility index (Phi) is 6.11. The summed E-state index contributed by atoms with van der Waals surface area (Å²) in [7, 11) is 1.63. The number of likely N-dealkylation sites (tertiary alicyclic amines) is 1. The second-order valence-corrected chi connectivity index (χ2v) is 7.63. The zero-order valence-electron chi connectivity index (χ0n) is 17.4. The van der Waals surface area contributed by atoms with Crippen molar-refractivity contribution < 1.29 is 13.9 Å². The lowest BCUT2D eigenvalue weighted by molar-refractivity contribution is -0.132. The van der Waals surface area contributed by atoms with E-state index in [1.54, 1.807) is 25.4 Å². The Morgan fingerprint density at radius 1 is 1.19 bits per heavy atom. The highest BCUT2D eigenvalue weighted by atomic mass is 19.1. The SMILES string of the molecule is COc1ccc(CCC(=O)N2CCCC2c2nc(N)ncc2-c2ccc(F)cc2)cc1. The van der Waals surface area contributed by atoms with Crippen LogP contribution in [0.1, 0.15) is 36.6 Å². The van der Waals surface area contributed by atoms with Crippen LogP contribution in [0.15, 0.2) is 54.7 Å². The number of nitrogens with zero attached hydrogens (tertiary/aromatic N) is 3. The van der Waals surface area contributed by atoms with Gasteiger partial charge in [0, 0.05) is 24.7 Å². The predicted octanol–water partition coefficient (Wildman–Crippen LogP) is 4.17. The van der Waals surface area contributed by atoms with E-state index in [0.29, 0.717) is 19.4 Å². The molecule has 2 heterocycles. The molecule has 0 saturated carbocycles. The van der Waals surface area contributed by atoms with Crippen LogP contribution in [-0.4, -0.2) is 34.4 Å². The summed E-state index contributed by atoms with van der Waals surface area (Å²) in [4.78, 5) is 23.6. The minimum absolute atomic E-state index is 0.0838. The Morgan fingerprint density at radius 3 is 2.65 bits per heavy atom. The van der Waals surface area contributed by atoms with Crippen LogP contribution in [-0.2, 0) is 11.2 Å². The minimum atomic E-state index is -0.308. The molecule has 7 heteroatoms. The van der Waals surface area contributed by atoms with Crippen LogP contribution in [0.25, 0.3) is 11.1 Å². The maximum atomic E-state index is 13.4. The first-order valence-electron chi connectivity index (χ1n) is 10.4. The lowest BCUT2D eigenvalue weighted by Gasteiger charge is -2.26. The van der Waals surface area contributed by atoms with Crippen molar-refractivity contribution in [2.24, 2.45) is 0 Å². The molecule has 4 rings (SSSR count). The maximum Gasteiger partial charge on any atom is 0.223 e. The highest BCUT2D eigenvalue weighted by molar-refractivity contribution is 5.78. The van der Waals surface area contributed by atoms with Gasteiger partial charge in [-0.3, -0.25) is 4.79 Å². The number of hydrogen-bond acceptors (Lipinski definition) is 5. The molecule has 31 heavy (non-hydrogen) atoms. The Bertz CT molecular complexity index is 1050. The number of benzene rings is 2. The summed E-state index contributed by atoms with van der Waals surface area (Å²) in [5.41, 5.74) is 9.26. The topological polar surface area (TPSA) is 81.3 Å². The summed E-state index contributed by atoms with van der Waals surface area (Å²) >= 11 is 0. The third-order valence-electron chi connectivity index (χ3n) is 5.67. The molecule has 1 saturated heterocycles. The molecular formula is C24H25FN4O2. The molecule has 160 valence electrons. The third-order valence-corrected chi connectivity index (χ3v) is 5.67. The van der Waals surface area contributed by atoms with E-state index in [1.165, 1.54) is 12.1 Å². The normalized spacial score (nSPS) is 15.8. The summed E-state index contributed by atoms with van der Waals surface area (Å²) < 4.78 is 18.6. The molecule has 1 unspecified atom stereocenters. The zero-order chi connectivity index (χ0) is 21.8. The lowest BCUT2D eigenvalue weighted by Crippen LogP contribution is -2.31. The van der Waals surface area contributed by atoms with Crippen molar-refractivity contribution in [3.05, 3.63) is 71.8 Å². The molecule has 2 N–H and O–H groups in total. The van der Waals surface area contributed by atoms with Crippen molar-refractivity contribution >= 4 is 11.9 Å². The number of carbonyl (C=O) groups is 1. The first-order chi connectivity index (χ1) is 15.0. The Morgan fingerprint density at radius 2 is 1.94 bits per heavy atom. The Hall–Kier alpha value is -3.48. The average molecular weight is 420 g/mol. The van der Waals surface area contributed by atoms with Gasteiger partial charge in [-0.2, -0.15) is 0 Å². The molecule has 1 fully saturated rings. The Balaban J connectivity index is 1.54. The van der Waals surface area contributed by atoms with Crippen molar-refractivity contribution in [3.63, 3.8) is 0 Å². The molecule has 1 aliphatic rings. The average Bonchev–Trinajstić information content (AvgIpc) is 3.28. The minimum Gasteiger partial charge on any atom is -0.497 e. The van der Waals surface area contributed by atoms with Crippen LogP contribution < -0.4 is 10.5 Å². The summed E-state index contributed by atoms with van der Waals surface area (Å²) in [6.07, 6.45) is 4.42. The number of ether oxygens (including phenoxy) is 1. The standard InChI is InChI=1S/C24H25FN4O2/c1-31-19-11-4-16(5-12-19)6-13-22(30)29-14-2-3-21(29)23-20(15-27-24(26)28-23)17-7-9-18(25)10-8-17/h4-5,7-12,15,21H,2-3,6,13-14H2,1H3,(H2,26,27,28). The fraction of sp³-hybridized carbons (Fsp3) is 0.292. The number of amides is 1. The van der Waals surface area contributed by atoms with E-state index < -0.39 is 0 Å². The second-order valence-electron chi connectivity index (χ2n) is 7.63. The molecule has 1 atom stereocenters. The van der Waals surface area contributed by atoms with Gasteiger partial charge in [0.2, 0.25) is 11.9 Å². The summed E-state index contributed by atoms with van der Waals surface area (Å²) in [5.74, 6) is 0.737. The van der Waals surface area contributed by atoms with Crippen LogP contribution in [0.2, 0.25) is 0 Å². The van der Waals surface area contributed by atoms with Crippen LogP contribution >= 0.6 is 0 Å². The van der Waals surface area contributed by atoms with Crippen LogP contribution in [0.3, 0.4) is 0 Å². The monoisotopic (exact) mass is 420 g/mol. The molecule has 0 bridgehead atoms. The predicted molar refractivity (Wildman–Crippen MR) is 117 cm³/mol. The van der Waals surface area contributed by atoms with E-state index in [0.717, 1.165) is 41.0 Å². The van der Waals surface area contributed by atoms with Gasteiger partial charge in [0.15, 0.2) is 0 Å². The summed E-state index contributed by atoms with van der Waals surface area (Å²) in [6, 6.07) is 13.8. The fourth-order valence-corrected chi connectivity index (χ4v) is 4.05. The second kappa shape index (κ2) is 9.12. The molecule has 1 aromatic heterocycles. The summed E-state index contributed by atoms with van der Waals surface area (Å²) in [6.45, 7) is 0.679. The van der Waals surface area contributed by atoms with E-state index in [4.69, 9.17) is 10.5 Å². The van der Waals surface area contributed by atoms with Gasteiger partial charge in [0.05, 0.1) is 18.8 Å². The molecule has 0 radical (unpaired) electrons. The number of nitrogens with two attached hydrogens (primary N) is 1. The van der Waals surface area contributed by atoms with E-state index in [2.05, 4.69) is 9.97 Å². The van der Waals surface area contributed by atoms with Crippen molar-refractivity contribution in [2.45, 2.75) is 31.7 Å². The highest BCUT2D eigenvalue weighted by Crippen LogP contribution is 2.37. The smallest absolute Gasteiger partial charge is 0.223 e. The number of nitrogen functional groups attached to an aromatic ring is 1. The van der Waals surface area contributed by atoms with Crippen LogP contribution in [0, 0.1) is 5.82 Å². The number of methoxy groups -OCH3 is 1. The van der Waals surface area contributed by atoms with Gasteiger partial charge in [-0.05, 0) is 54.7 Å². The van der Waals surface area contributed by atoms with Crippen molar-refractivity contribution in [1.29, 1.82) is 0 Å². The van der Waals surface area contributed by atoms with Gasteiger partial charge >= 0.3 is 0 Å². The van der Waals surface area contributed by atoms with Gasteiger partial charge in [-0.1, -0.05) is 24.3 Å². The first-order valence-corrected chi connectivity index (χ1v) is 10.4. The largest absolute Gasteiger partial charge is 0.497 e. The first kappa shape index (κ1) is 20.8. The van der Waals surface area contributed by atoms with Gasteiger partial charge in [-0.25, -0.2) is 14.4 Å². The van der Waals surface area contributed by atoms with Crippen LogP contribution in [0.4, 0.5) is 10.3 Å². The van der Waals surface area contributed by atoms with Crippen LogP contribution in [0.5, 0.6) is 5.75 Å². The Labute approximate surface area is 180 Å². The molecule has 0 spiro atoms. The molecule has 2 aromatic carbocycles. The number of anilines is 1. The van der Waals surface area contributed by atoms with E-state index in [9.17, 15) is 9.18 Å². The number of hydrogen-bond donors (Lipinski definition) is 1. The summed E-state index contributed by atoms with van der Waals surface area (Å²) in [5, 5.41) is 0. The number of rotatable bonds is 6. The zero-order valence-corrected chi connectivity index (χ0v) is 17.4. The molecule has 0 aliphatic carbocycles. The van der Waals surface area contributed by atoms with Crippen molar-refractivity contribution in [3.8, 4) is 16.9 Å². The van der Waals surface area contributed by atoms with Gasteiger partial charge in [0.1, 0.15) is 11.6 Å². The van der Waals surface area contributed by atoms with E-state index in [-0.39, 0.29) is 23.7 Å².